The second-order valence-corrected chi connectivity index (χ2v) is 4.95. The van der Waals surface area contributed by atoms with Crippen molar-refractivity contribution in [3.05, 3.63) is 51.6 Å². The molecule has 0 radical (unpaired) electrons. The van der Waals surface area contributed by atoms with Crippen LogP contribution in [0.5, 0.6) is 17.2 Å². The number of nitro benzene ring substituents is 1. The Bertz CT molecular complexity index is 904. The average Bonchev–Trinajstić information content (AvgIpc) is 2.65. The first-order valence-electron chi connectivity index (χ1n) is 7.25. The predicted molar refractivity (Wildman–Crippen MR) is 91.9 cm³/mol. The number of nitrogens with one attached hydrogen (secondary N) is 1. The summed E-state index contributed by atoms with van der Waals surface area (Å²) >= 11 is 0. The molecule has 2 aromatic rings. The van der Waals surface area contributed by atoms with Gasteiger partial charge in [0.1, 0.15) is 5.56 Å². The third kappa shape index (κ3) is 3.49. The second kappa shape index (κ2) is 7.85. The normalized spacial score (nSPS) is 9.77. The summed E-state index contributed by atoms with van der Waals surface area (Å²) in [6.45, 7) is 0. The third-order valence-electron chi connectivity index (χ3n) is 3.48. The summed E-state index contributed by atoms with van der Waals surface area (Å²) in [4.78, 5) is 23.4. The molecule has 0 spiro atoms. The van der Waals surface area contributed by atoms with Gasteiger partial charge in [-0.05, 0) is 18.2 Å². The Labute approximate surface area is 148 Å². The van der Waals surface area contributed by atoms with Gasteiger partial charge in [0, 0.05) is 11.8 Å². The lowest BCUT2D eigenvalue weighted by atomic mass is 10.1. The number of rotatable bonds is 6. The summed E-state index contributed by atoms with van der Waals surface area (Å²) in [6.07, 6.45) is 0. The van der Waals surface area contributed by atoms with Crippen LogP contribution in [0.2, 0.25) is 0 Å². The highest BCUT2D eigenvalue weighted by Gasteiger charge is 2.32. The minimum atomic E-state index is -0.758. The molecular formula is C17H15N3O6. The largest absolute Gasteiger partial charge is 0.493 e. The maximum atomic E-state index is 12.6. The van der Waals surface area contributed by atoms with Crippen molar-refractivity contribution >= 4 is 17.3 Å². The summed E-state index contributed by atoms with van der Waals surface area (Å²) in [5.74, 6) is -0.880. The fraction of sp³-hybridized carbons (Fsp3) is 0.176. The Morgan fingerprint density at radius 1 is 1.15 bits per heavy atom. The van der Waals surface area contributed by atoms with Crippen LogP contribution in [0.25, 0.3) is 0 Å². The van der Waals surface area contributed by atoms with Crippen molar-refractivity contribution in [3.63, 3.8) is 0 Å². The number of ether oxygens (including phenoxy) is 3. The van der Waals surface area contributed by atoms with Crippen molar-refractivity contribution in [2.24, 2.45) is 0 Å². The van der Waals surface area contributed by atoms with Crippen molar-refractivity contribution in [2.75, 3.05) is 26.6 Å². The minimum Gasteiger partial charge on any atom is -0.493 e. The fourth-order valence-corrected chi connectivity index (χ4v) is 2.36. The molecule has 0 aromatic heterocycles. The Balaban J connectivity index is 2.58. The zero-order valence-corrected chi connectivity index (χ0v) is 14.2. The molecule has 1 amide bonds. The summed E-state index contributed by atoms with van der Waals surface area (Å²) in [5, 5.41) is 23.0. The van der Waals surface area contributed by atoms with Gasteiger partial charge < -0.3 is 19.5 Å². The highest BCUT2D eigenvalue weighted by atomic mass is 16.6. The van der Waals surface area contributed by atoms with Crippen LogP contribution in [0.1, 0.15) is 15.9 Å². The molecule has 0 aliphatic carbocycles. The van der Waals surface area contributed by atoms with Crippen molar-refractivity contribution in [3.8, 4) is 23.3 Å². The molecule has 1 N–H and O–H groups in total. The highest BCUT2D eigenvalue weighted by Crippen LogP contribution is 2.46. The van der Waals surface area contributed by atoms with Crippen LogP contribution in [0.15, 0.2) is 30.3 Å². The maximum absolute atomic E-state index is 12.6. The number of carbonyl (C=O) groups excluding carboxylic acids is 1. The van der Waals surface area contributed by atoms with Gasteiger partial charge in [0.05, 0.1) is 37.9 Å². The monoisotopic (exact) mass is 357 g/mol. The third-order valence-corrected chi connectivity index (χ3v) is 3.48. The van der Waals surface area contributed by atoms with Gasteiger partial charge in [0.25, 0.3) is 5.91 Å². The zero-order valence-electron chi connectivity index (χ0n) is 14.2. The Morgan fingerprint density at radius 3 is 2.38 bits per heavy atom. The van der Waals surface area contributed by atoms with E-state index < -0.39 is 16.5 Å². The van der Waals surface area contributed by atoms with Crippen LogP contribution in [0.3, 0.4) is 0 Å². The van der Waals surface area contributed by atoms with E-state index in [1.807, 2.05) is 6.07 Å². The Hall–Kier alpha value is -3.80. The van der Waals surface area contributed by atoms with E-state index in [1.54, 1.807) is 18.2 Å². The van der Waals surface area contributed by atoms with E-state index in [0.717, 1.165) is 0 Å². The first-order chi connectivity index (χ1) is 12.5. The number of hydrogen-bond acceptors (Lipinski definition) is 7. The molecule has 0 heterocycles. The number of anilines is 1. The van der Waals surface area contributed by atoms with Gasteiger partial charge in [-0.15, -0.1) is 0 Å². The molecular weight excluding hydrogens is 342 g/mol. The van der Waals surface area contributed by atoms with E-state index in [-0.39, 0.29) is 22.8 Å². The first-order valence-corrected chi connectivity index (χ1v) is 7.25. The lowest BCUT2D eigenvalue weighted by molar-refractivity contribution is -0.386. The van der Waals surface area contributed by atoms with Crippen LogP contribution < -0.4 is 19.5 Å². The van der Waals surface area contributed by atoms with Gasteiger partial charge >= 0.3 is 5.69 Å². The van der Waals surface area contributed by atoms with Crippen molar-refractivity contribution in [2.45, 2.75) is 0 Å². The number of hydrogen-bond donors (Lipinski definition) is 1. The molecule has 26 heavy (non-hydrogen) atoms. The molecule has 9 heteroatoms. The van der Waals surface area contributed by atoms with E-state index in [2.05, 4.69) is 5.32 Å². The summed E-state index contributed by atoms with van der Waals surface area (Å²) in [7, 11) is 3.86. The standard InChI is InChI=1S/C17H15N3O6/c1-24-13-8-12(14(20(22)23)16(26-3)15(13)25-2)17(21)19-11-6-4-5-10(7-11)9-18/h4-8H,1-3H3,(H,19,21). The Morgan fingerprint density at radius 2 is 1.85 bits per heavy atom. The molecule has 0 saturated carbocycles. The summed E-state index contributed by atoms with van der Waals surface area (Å²) < 4.78 is 15.3. The van der Waals surface area contributed by atoms with Crippen LogP contribution in [-0.2, 0) is 0 Å². The number of nitrogens with zero attached hydrogens (tertiary/aromatic N) is 2. The lowest BCUT2D eigenvalue weighted by Gasteiger charge is -2.15. The number of carbonyl (C=O) groups is 1. The van der Waals surface area contributed by atoms with Crippen LogP contribution in [-0.4, -0.2) is 32.2 Å². The van der Waals surface area contributed by atoms with Crippen LogP contribution >= 0.6 is 0 Å². The molecule has 0 unspecified atom stereocenters. The van der Waals surface area contributed by atoms with Crippen LogP contribution in [0, 0.1) is 21.4 Å². The van der Waals surface area contributed by atoms with Gasteiger partial charge in [0.15, 0.2) is 5.75 Å². The van der Waals surface area contributed by atoms with Gasteiger partial charge in [-0.3, -0.25) is 14.9 Å². The van der Waals surface area contributed by atoms with Crippen molar-refractivity contribution in [1.29, 1.82) is 5.26 Å². The van der Waals surface area contributed by atoms with E-state index in [0.29, 0.717) is 11.3 Å². The molecule has 0 aliphatic rings. The van der Waals surface area contributed by atoms with Gasteiger partial charge in [-0.1, -0.05) is 6.07 Å². The summed E-state index contributed by atoms with van der Waals surface area (Å²) in [6, 6.07) is 9.30. The van der Waals surface area contributed by atoms with E-state index >= 15 is 0 Å². The topological polar surface area (TPSA) is 124 Å². The molecule has 0 saturated heterocycles. The molecule has 0 atom stereocenters. The smallest absolute Gasteiger partial charge is 0.327 e. The highest BCUT2D eigenvalue weighted by molar-refractivity contribution is 6.08. The zero-order chi connectivity index (χ0) is 19.3. The van der Waals surface area contributed by atoms with E-state index in [9.17, 15) is 14.9 Å². The van der Waals surface area contributed by atoms with Gasteiger partial charge in [0.2, 0.25) is 11.5 Å². The average molecular weight is 357 g/mol. The quantitative estimate of drug-likeness (QED) is 0.622. The van der Waals surface area contributed by atoms with Gasteiger partial charge in [-0.2, -0.15) is 5.26 Å². The van der Waals surface area contributed by atoms with E-state index in [1.165, 1.54) is 33.5 Å². The SMILES string of the molecule is COc1cc(C(=O)Nc2cccc(C#N)c2)c([N+](=O)[O-])c(OC)c1OC. The predicted octanol–water partition coefficient (Wildman–Crippen LogP) is 2.74. The molecule has 0 fully saturated rings. The molecule has 0 bridgehead atoms. The molecule has 9 nitrogen and oxygen atoms in total. The van der Waals surface area contributed by atoms with Crippen molar-refractivity contribution < 1.29 is 23.9 Å². The second-order valence-electron chi connectivity index (χ2n) is 4.95. The lowest BCUT2D eigenvalue weighted by Crippen LogP contribution is -2.15. The number of methoxy groups -OCH3 is 3. The molecule has 0 aliphatic heterocycles. The summed E-state index contributed by atoms with van der Waals surface area (Å²) in [5.41, 5.74) is -0.176. The minimum absolute atomic E-state index is 0.00438. The maximum Gasteiger partial charge on any atom is 0.327 e. The number of nitro groups is 1. The number of benzene rings is 2. The number of amides is 1. The first kappa shape index (κ1) is 18.5. The fourth-order valence-electron chi connectivity index (χ4n) is 2.36. The van der Waals surface area contributed by atoms with Crippen LogP contribution in [0.4, 0.5) is 11.4 Å². The van der Waals surface area contributed by atoms with Gasteiger partial charge in [-0.25, -0.2) is 0 Å². The Kier molecular flexibility index (Phi) is 5.60. The molecule has 2 aromatic carbocycles. The molecule has 134 valence electrons. The molecule has 2 rings (SSSR count). The van der Waals surface area contributed by atoms with E-state index in [4.69, 9.17) is 19.5 Å². The van der Waals surface area contributed by atoms with Crippen molar-refractivity contribution in [1.82, 2.24) is 0 Å². The number of nitriles is 1.